The summed E-state index contributed by atoms with van der Waals surface area (Å²) in [6.45, 7) is 6.38. The summed E-state index contributed by atoms with van der Waals surface area (Å²) in [7, 11) is 0. The predicted molar refractivity (Wildman–Crippen MR) is 119 cm³/mol. The summed E-state index contributed by atoms with van der Waals surface area (Å²) in [6.07, 6.45) is 0. The monoisotopic (exact) mass is 415 g/mol. The van der Waals surface area contributed by atoms with Crippen molar-refractivity contribution in [3.63, 3.8) is 0 Å². The van der Waals surface area contributed by atoms with E-state index in [9.17, 15) is 14.9 Å². The van der Waals surface area contributed by atoms with Gasteiger partial charge in [-0.3, -0.25) is 14.5 Å². The molecule has 1 aliphatic heterocycles. The smallest absolute Gasteiger partial charge is 0.279 e. The summed E-state index contributed by atoms with van der Waals surface area (Å²) in [4.78, 5) is 30.4. The summed E-state index contributed by atoms with van der Waals surface area (Å²) < 4.78 is 1.30. The average Bonchev–Trinajstić information content (AvgIpc) is 2.80. The van der Waals surface area contributed by atoms with E-state index in [-0.39, 0.29) is 29.1 Å². The van der Waals surface area contributed by atoms with E-state index in [1.165, 1.54) is 4.68 Å². The van der Waals surface area contributed by atoms with Crippen molar-refractivity contribution in [2.45, 2.75) is 19.9 Å². The van der Waals surface area contributed by atoms with Crippen molar-refractivity contribution < 1.29 is 4.79 Å². The van der Waals surface area contributed by atoms with Crippen molar-refractivity contribution in [2.75, 3.05) is 26.2 Å². The summed E-state index contributed by atoms with van der Waals surface area (Å²) in [5.74, 6) is 0.0332. The third-order valence-corrected chi connectivity index (χ3v) is 5.77. The Bertz CT molecular complexity index is 1190. The molecule has 7 heteroatoms. The van der Waals surface area contributed by atoms with Crippen LogP contribution in [0.25, 0.3) is 16.5 Å². The molecule has 1 aromatic heterocycles. The molecule has 1 aliphatic rings. The SMILES string of the molecule is CC(C)C(C#N)N1CCN(C(=O)c2nn(-c3ccccc3)c(=O)c3ccccc23)CC1. The molecule has 0 N–H and O–H groups in total. The predicted octanol–water partition coefficient (Wildman–Crippen LogP) is 2.69. The van der Waals surface area contributed by atoms with Crippen molar-refractivity contribution in [3.8, 4) is 11.8 Å². The minimum atomic E-state index is -0.253. The first-order chi connectivity index (χ1) is 15.0. The van der Waals surface area contributed by atoms with Gasteiger partial charge in [0.15, 0.2) is 5.69 Å². The van der Waals surface area contributed by atoms with Crippen molar-refractivity contribution in [2.24, 2.45) is 5.92 Å². The highest BCUT2D eigenvalue weighted by Gasteiger charge is 2.30. The van der Waals surface area contributed by atoms with Gasteiger partial charge >= 0.3 is 0 Å². The second-order valence-electron chi connectivity index (χ2n) is 8.09. The maximum Gasteiger partial charge on any atom is 0.279 e. The quantitative estimate of drug-likeness (QED) is 0.654. The molecule has 1 saturated heterocycles. The third-order valence-electron chi connectivity index (χ3n) is 5.77. The van der Waals surface area contributed by atoms with Crippen LogP contribution in [0.3, 0.4) is 0 Å². The largest absolute Gasteiger partial charge is 0.335 e. The zero-order valence-electron chi connectivity index (χ0n) is 17.7. The standard InChI is InChI=1S/C24H25N5O2/c1-17(2)21(16-25)27-12-14-28(15-13-27)24(31)22-19-10-6-7-11-20(19)23(30)29(26-22)18-8-4-3-5-9-18/h3-11,17,21H,12-15H2,1-2H3. The fraction of sp³-hybridized carbons (Fsp3) is 0.333. The zero-order valence-corrected chi connectivity index (χ0v) is 17.7. The molecule has 3 aromatic rings. The van der Waals surface area contributed by atoms with Crippen LogP contribution in [0.2, 0.25) is 0 Å². The first-order valence-corrected chi connectivity index (χ1v) is 10.5. The van der Waals surface area contributed by atoms with Crippen molar-refractivity contribution >= 4 is 16.7 Å². The highest BCUT2D eigenvalue weighted by atomic mass is 16.2. The molecule has 1 unspecified atom stereocenters. The van der Waals surface area contributed by atoms with Crippen molar-refractivity contribution in [1.29, 1.82) is 5.26 Å². The Morgan fingerprint density at radius 2 is 1.58 bits per heavy atom. The molecule has 0 radical (unpaired) electrons. The maximum absolute atomic E-state index is 13.5. The van der Waals surface area contributed by atoms with Crippen molar-refractivity contribution in [1.82, 2.24) is 19.6 Å². The van der Waals surface area contributed by atoms with Gasteiger partial charge in [0.25, 0.3) is 11.5 Å². The van der Waals surface area contributed by atoms with E-state index in [2.05, 4.69) is 16.1 Å². The molecule has 0 aliphatic carbocycles. The normalized spacial score (nSPS) is 15.7. The second kappa shape index (κ2) is 8.70. The van der Waals surface area contributed by atoms with E-state index in [1.54, 1.807) is 35.2 Å². The van der Waals surface area contributed by atoms with Gasteiger partial charge in [-0.15, -0.1) is 0 Å². The molecule has 31 heavy (non-hydrogen) atoms. The lowest BCUT2D eigenvalue weighted by molar-refractivity contribution is 0.0571. The maximum atomic E-state index is 13.5. The van der Waals surface area contributed by atoms with Crippen LogP contribution in [0.5, 0.6) is 0 Å². The van der Waals surface area contributed by atoms with E-state index in [0.717, 1.165) is 0 Å². The molecule has 158 valence electrons. The van der Waals surface area contributed by atoms with Gasteiger partial charge in [0.05, 0.1) is 17.1 Å². The number of benzene rings is 2. The van der Waals surface area contributed by atoms with Gasteiger partial charge in [-0.25, -0.2) is 0 Å². The molecule has 7 nitrogen and oxygen atoms in total. The first kappa shape index (κ1) is 20.8. The van der Waals surface area contributed by atoms with Gasteiger partial charge in [-0.2, -0.15) is 15.0 Å². The lowest BCUT2D eigenvalue weighted by atomic mass is 10.0. The van der Waals surface area contributed by atoms with Gasteiger partial charge in [-0.05, 0) is 24.1 Å². The summed E-state index contributed by atoms with van der Waals surface area (Å²) in [5, 5.41) is 15.0. The van der Waals surface area contributed by atoms with Crippen LogP contribution in [0.1, 0.15) is 24.3 Å². The van der Waals surface area contributed by atoms with Crippen molar-refractivity contribution in [3.05, 3.63) is 70.6 Å². The van der Waals surface area contributed by atoms with Gasteiger partial charge in [0.2, 0.25) is 0 Å². The lowest BCUT2D eigenvalue weighted by Crippen LogP contribution is -2.53. The van der Waals surface area contributed by atoms with E-state index >= 15 is 0 Å². The molecule has 1 amide bonds. The summed E-state index contributed by atoms with van der Waals surface area (Å²) in [6, 6.07) is 18.4. The molecule has 2 aromatic carbocycles. The van der Waals surface area contributed by atoms with Gasteiger partial charge in [0.1, 0.15) is 6.04 Å². The van der Waals surface area contributed by atoms with E-state index in [4.69, 9.17) is 0 Å². The highest BCUT2D eigenvalue weighted by Crippen LogP contribution is 2.19. The van der Waals surface area contributed by atoms with E-state index in [0.29, 0.717) is 42.6 Å². The molecule has 0 spiro atoms. The third kappa shape index (κ3) is 3.94. The van der Waals surface area contributed by atoms with Crippen LogP contribution in [0, 0.1) is 17.2 Å². The topological polar surface area (TPSA) is 82.2 Å². The van der Waals surface area contributed by atoms with Crippen LogP contribution in [-0.4, -0.2) is 57.7 Å². The van der Waals surface area contributed by atoms with Crippen LogP contribution in [0.15, 0.2) is 59.4 Å². The molecule has 1 atom stereocenters. The van der Waals surface area contributed by atoms with E-state index < -0.39 is 0 Å². The fourth-order valence-electron chi connectivity index (χ4n) is 4.10. The number of carbonyl (C=O) groups is 1. The molecular weight excluding hydrogens is 390 g/mol. The Hall–Kier alpha value is -3.50. The summed E-state index contributed by atoms with van der Waals surface area (Å²) in [5.41, 5.74) is 0.635. The molecule has 2 heterocycles. The average molecular weight is 415 g/mol. The minimum Gasteiger partial charge on any atom is -0.335 e. The number of amides is 1. The Kier molecular flexibility index (Phi) is 5.83. The number of aromatic nitrogens is 2. The molecule has 1 fully saturated rings. The number of nitrogens with zero attached hydrogens (tertiary/aromatic N) is 5. The van der Waals surface area contributed by atoms with E-state index in [1.807, 2.05) is 38.1 Å². The van der Waals surface area contributed by atoms with Gasteiger partial charge in [-0.1, -0.05) is 50.2 Å². The number of carbonyl (C=O) groups excluding carboxylic acids is 1. The number of hydrogen-bond donors (Lipinski definition) is 0. The lowest BCUT2D eigenvalue weighted by Gasteiger charge is -2.38. The summed E-state index contributed by atoms with van der Waals surface area (Å²) >= 11 is 0. The van der Waals surface area contributed by atoms with Crippen LogP contribution in [0.4, 0.5) is 0 Å². The van der Waals surface area contributed by atoms with Gasteiger partial charge < -0.3 is 4.90 Å². The number of nitriles is 1. The highest BCUT2D eigenvalue weighted by molar-refractivity contribution is 6.04. The molecule has 0 saturated carbocycles. The molecule has 4 rings (SSSR count). The minimum absolute atomic E-state index is 0.156. The molecular formula is C24H25N5O2. The van der Waals surface area contributed by atoms with Crippen LogP contribution >= 0.6 is 0 Å². The Morgan fingerprint density at radius 3 is 2.19 bits per heavy atom. The van der Waals surface area contributed by atoms with Crippen LogP contribution < -0.4 is 5.56 Å². The number of rotatable bonds is 4. The Labute approximate surface area is 181 Å². The number of hydrogen-bond acceptors (Lipinski definition) is 5. The second-order valence-corrected chi connectivity index (χ2v) is 8.09. The molecule has 0 bridgehead atoms. The number of fused-ring (bicyclic) bond motifs is 1. The Morgan fingerprint density at radius 1 is 0.968 bits per heavy atom. The first-order valence-electron chi connectivity index (χ1n) is 10.5. The number of piperazine rings is 1. The van der Waals surface area contributed by atoms with Gasteiger partial charge in [0, 0.05) is 31.6 Å². The van der Waals surface area contributed by atoms with Crippen LogP contribution in [-0.2, 0) is 0 Å². The zero-order chi connectivity index (χ0) is 22.0. The Balaban J connectivity index is 1.69. The fourth-order valence-corrected chi connectivity index (χ4v) is 4.10. The number of para-hydroxylation sites is 1.